The molecule has 7 nitrogen and oxygen atoms in total. The molecule has 0 N–H and O–H groups in total. The molecule has 2 saturated heterocycles. The molecule has 2 aromatic rings. The Hall–Kier alpha value is -2.83. The van der Waals surface area contributed by atoms with Gasteiger partial charge in [-0.15, -0.1) is 0 Å². The van der Waals surface area contributed by atoms with Crippen LogP contribution < -0.4 is 0 Å². The number of amides is 2. The van der Waals surface area contributed by atoms with Gasteiger partial charge in [-0.3, -0.25) is 4.79 Å². The number of oxazole rings is 1. The first-order chi connectivity index (χ1) is 13.5. The van der Waals surface area contributed by atoms with Gasteiger partial charge < -0.3 is 19.0 Å². The van der Waals surface area contributed by atoms with Crippen LogP contribution in [-0.2, 0) is 4.74 Å². The van der Waals surface area contributed by atoms with E-state index in [0.717, 1.165) is 0 Å². The Morgan fingerprint density at radius 1 is 1.25 bits per heavy atom. The first-order valence-corrected chi connectivity index (χ1v) is 9.70. The number of hydrogen-bond donors (Lipinski definition) is 0. The lowest BCUT2D eigenvalue weighted by Gasteiger charge is -2.37. The van der Waals surface area contributed by atoms with Crippen LogP contribution in [0.2, 0.25) is 0 Å². The minimum atomic E-state index is -0.497. The summed E-state index contributed by atoms with van der Waals surface area (Å²) in [6.45, 7) is 6.14. The predicted octanol–water partition coefficient (Wildman–Crippen LogP) is 3.21. The van der Waals surface area contributed by atoms with Gasteiger partial charge in [0.1, 0.15) is 11.4 Å². The van der Waals surface area contributed by atoms with E-state index in [1.807, 2.05) is 18.2 Å². The van der Waals surface area contributed by atoms with Crippen molar-refractivity contribution >= 4 is 12.0 Å². The quantitative estimate of drug-likeness (QED) is 0.810. The number of piperidine rings is 1. The van der Waals surface area contributed by atoms with Crippen LogP contribution in [0.4, 0.5) is 4.79 Å². The van der Waals surface area contributed by atoms with Crippen LogP contribution in [0.15, 0.2) is 41.1 Å². The first-order valence-electron chi connectivity index (χ1n) is 9.70. The molecule has 2 amide bonds. The molecule has 0 aliphatic carbocycles. The van der Waals surface area contributed by atoms with Gasteiger partial charge in [-0.2, -0.15) is 0 Å². The number of rotatable bonds is 4. The Kier molecular flexibility index (Phi) is 4.83. The summed E-state index contributed by atoms with van der Waals surface area (Å²) in [5.41, 5.74) is 1.07. The highest BCUT2D eigenvalue weighted by Crippen LogP contribution is 2.34. The van der Waals surface area contributed by atoms with Crippen molar-refractivity contribution in [2.75, 3.05) is 26.2 Å². The van der Waals surface area contributed by atoms with Crippen LogP contribution in [0.1, 0.15) is 47.5 Å². The highest BCUT2D eigenvalue weighted by molar-refractivity contribution is 5.93. The first kappa shape index (κ1) is 18.5. The molecule has 0 bridgehead atoms. The average molecular weight is 383 g/mol. The van der Waals surface area contributed by atoms with Crippen LogP contribution in [0.25, 0.3) is 0 Å². The van der Waals surface area contributed by atoms with Gasteiger partial charge in [-0.1, -0.05) is 37.3 Å². The fraction of sp³-hybridized carbons (Fsp3) is 0.476. The lowest BCUT2D eigenvalue weighted by molar-refractivity contribution is 0.00294. The zero-order chi connectivity index (χ0) is 19.7. The van der Waals surface area contributed by atoms with Crippen LogP contribution in [0.3, 0.4) is 0 Å². The van der Waals surface area contributed by atoms with Crippen molar-refractivity contribution in [2.24, 2.45) is 0 Å². The summed E-state index contributed by atoms with van der Waals surface area (Å²) in [5, 5.41) is 0. The van der Waals surface area contributed by atoms with Crippen molar-refractivity contribution in [3.8, 4) is 0 Å². The van der Waals surface area contributed by atoms with Crippen molar-refractivity contribution < 1.29 is 18.7 Å². The van der Waals surface area contributed by atoms with Crippen molar-refractivity contribution in [3.05, 3.63) is 53.7 Å². The number of carbonyl (C=O) groups is 2. The lowest BCUT2D eigenvalue weighted by Crippen LogP contribution is -2.49. The van der Waals surface area contributed by atoms with Crippen LogP contribution >= 0.6 is 0 Å². The third-order valence-electron chi connectivity index (χ3n) is 5.81. The highest BCUT2D eigenvalue weighted by atomic mass is 16.6. The number of ether oxygens (including phenoxy) is 1. The summed E-state index contributed by atoms with van der Waals surface area (Å²) in [7, 11) is 0. The number of hydrogen-bond acceptors (Lipinski definition) is 5. The number of benzene rings is 1. The number of carbonyl (C=O) groups excluding carboxylic acids is 2. The van der Waals surface area contributed by atoms with Crippen LogP contribution in [0, 0.1) is 6.92 Å². The molecule has 28 heavy (non-hydrogen) atoms. The van der Waals surface area contributed by atoms with Gasteiger partial charge in [0.05, 0.1) is 6.54 Å². The predicted molar refractivity (Wildman–Crippen MR) is 102 cm³/mol. The Bertz CT molecular complexity index is 856. The summed E-state index contributed by atoms with van der Waals surface area (Å²) in [6, 6.07) is 10.2. The van der Waals surface area contributed by atoms with E-state index >= 15 is 0 Å². The maximum Gasteiger partial charge on any atom is 0.410 e. The van der Waals surface area contributed by atoms with Gasteiger partial charge in [0.15, 0.2) is 12.1 Å². The molecular formula is C21H25N3O4. The van der Waals surface area contributed by atoms with E-state index in [4.69, 9.17) is 9.15 Å². The fourth-order valence-corrected chi connectivity index (χ4v) is 4.09. The standard InChI is InChI=1S/C21H25N3O4/c1-15(17-6-4-3-5-7-17)12-24-13-21(28-20(24)26)8-10-23(11-9-21)19(25)18-16(2)27-14-22-18/h3-7,14-15H,8-13H2,1-2H3/t15-/m0/s1. The molecule has 2 aliphatic rings. The molecule has 1 atom stereocenters. The van der Waals surface area contributed by atoms with Crippen LogP contribution in [0.5, 0.6) is 0 Å². The molecule has 148 valence electrons. The summed E-state index contributed by atoms with van der Waals surface area (Å²) >= 11 is 0. The molecule has 1 aromatic heterocycles. The topological polar surface area (TPSA) is 75.9 Å². The lowest BCUT2D eigenvalue weighted by atomic mass is 9.90. The van der Waals surface area contributed by atoms with Gasteiger partial charge in [0.25, 0.3) is 5.91 Å². The minimum absolute atomic E-state index is 0.125. The number of likely N-dealkylation sites (tertiary alicyclic amines) is 1. The Morgan fingerprint density at radius 3 is 2.61 bits per heavy atom. The summed E-state index contributed by atoms with van der Waals surface area (Å²) in [4.78, 5) is 32.6. The molecule has 4 rings (SSSR count). The van der Waals surface area contributed by atoms with E-state index in [9.17, 15) is 9.59 Å². The fourth-order valence-electron chi connectivity index (χ4n) is 4.09. The molecule has 2 fully saturated rings. The largest absolute Gasteiger partial charge is 0.448 e. The highest BCUT2D eigenvalue weighted by Gasteiger charge is 2.47. The molecule has 3 heterocycles. The molecular weight excluding hydrogens is 358 g/mol. The van der Waals surface area contributed by atoms with E-state index in [0.29, 0.717) is 50.5 Å². The number of aryl methyl sites for hydroxylation is 1. The van der Waals surface area contributed by atoms with Crippen molar-refractivity contribution in [2.45, 2.75) is 38.2 Å². The molecule has 2 aliphatic heterocycles. The van der Waals surface area contributed by atoms with Crippen molar-refractivity contribution in [1.29, 1.82) is 0 Å². The van der Waals surface area contributed by atoms with Crippen molar-refractivity contribution in [1.82, 2.24) is 14.8 Å². The zero-order valence-electron chi connectivity index (χ0n) is 16.3. The van der Waals surface area contributed by atoms with Gasteiger partial charge in [0.2, 0.25) is 0 Å². The average Bonchev–Trinajstić information content (AvgIpc) is 3.26. The Balaban J connectivity index is 1.36. The van der Waals surface area contributed by atoms with Crippen LogP contribution in [-0.4, -0.2) is 58.6 Å². The van der Waals surface area contributed by atoms with Gasteiger partial charge in [-0.25, -0.2) is 9.78 Å². The molecule has 0 saturated carbocycles. The molecule has 0 radical (unpaired) electrons. The smallest absolute Gasteiger partial charge is 0.410 e. The second-order valence-electron chi connectivity index (χ2n) is 7.79. The van der Waals surface area contributed by atoms with Gasteiger partial charge >= 0.3 is 6.09 Å². The maximum atomic E-state index is 12.6. The van der Waals surface area contributed by atoms with Gasteiger partial charge in [0, 0.05) is 32.5 Å². The van der Waals surface area contributed by atoms with E-state index < -0.39 is 5.60 Å². The normalized spacial score (nSPS) is 19.7. The third-order valence-corrected chi connectivity index (χ3v) is 5.81. The third kappa shape index (κ3) is 3.48. The monoisotopic (exact) mass is 383 g/mol. The SMILES string of the molecule is Cc1ocnc1C(=O)N1CCC2(CC1)CN(C[C@H](C)c1ccccc1)C(=O)O2. The van der Waals surface area contributed by atoms with E-state index in [1.54, 1.807) is 16.7 Å². The Morgan fingerprint density at radius 2 is 1.96 bits per heavy atom. The second-order valence-corrected chi connectivity index (χ2v) is 7.79. The van der Waals surface area contributed by atoms with Gasteiger partial charge in [-0.05, 0) is 18.4 Å². The summed E-state index contributed by atoms with van der Waals surface area (Å²) in [5.74, 6) is 0.638. The Labute approximate surface area is 164 Å². The maximum absolute atomic E-state index is 12.6. The summed E-state index contributed by atoms with van der Waals surface area (Å²) in [6.07, 6.45) is 2.31. The molecule has 1 aromatic carbocycles. The van der Waals surface area contributed by atoms with E-state index in [-0.39, 0.29) is 17.9 Å². The zero-order valence-corrected chi connectivity index (χ0v) is 16.3. The molecule has 7 heteroatoms. The number of aromatic nitrogens is 1. The number of nitrogens with zero attached hydrogens (tertiary/aromatic N) is 3. The molecule has 0 unspecified atom stereocenters. The minimum Gasteiger partial charge on any atom is -0.448 e. The second kappa shape index (κ2) is 7.30. The van der Waals surface area contributed by atoms with E-state index in [2.05, 4.69) is 24.0 Å². The summed E-state index contributed by atoms with van der Waals surface area (Å²) < 4.78 is 10.9. The van der Waals surface area contributed by atoms with E-state index in [1.165, 1.54) is 12.0 Å². The molecule has 1 spiro atoms. The van der Waals surface area contributed by atoms with Crippen molar-refractivity contribution in [3.63, 3.8) is 0 Å².